The average molecular weight is 207 g/mol. The summed E-state index contributed by atoms with van der Waals surface area (Å²) in [5.74, 6) is -0.175. The quantitative estimate of drug-likeness (QED) is 0.595. The highest BCUT2D eigenvalue weighted by Gasteiger charge is 2.13. The summed E-state index contributed by atoms with van der Waals surface area (Å²) in [6.07, 6.45) is 6.47. The maximum atomic E-state index is 11.1. The number of rotatable bonds is 2. The number of nitrogens with one attached hydrogen (secondary N) is 1. The zero-order valence-corrected chi connectivity index (χ0v) is 9.14. The minimum absolute atomic E-state index is 0.175. The third kappa shape index (κ3) is 2.41. The summed E-state index contributed by atoms with van der Waals surface area (Å²) < 4.78 is 4.65. The lowest BCUT2D eigenvalue weighted by Gasteiger charge is -1.97. The number of aryl methyl sites for hydroxylation is 2. The number of carbonyl (C=O) groups is 1. The number of aromatic amines is 1. The van der Waals surface area contributed by atoms with Gasteiger partial charge in [-0.05, 0) is 37.3 Å². The fraction of sp³-hybridized carbons (Fsp3) is 0.583. The van der Waals surface area contributed by atoms with Crippen LogP contribution in [-0.4, -0.2) is 18.1 Å². The summed E-state index contributed by atoms with van der Waals surface area (Å²) >= 11 is 0. The SMILES string of the molecule is COC(=O)Cc1cc2c([nH]1)CCCCC2. The molecule has 1 aromatic heterocycles. The molecule has 0 saturated carbocycles. The van der Waals surface area contributed by atoms with Crippen LogP contribution in [0, 0.1) is 0 Å². The monoisotopic (exact) mass is 207 g/mol. The molecular weight excluding hydrogens is 190 g/mol. The topological polar surface area (TPSA) is 42.1 Å². The van der Waals surface area contributed by atoms with Gasteiger partial charge in [-0.2, -0.15) is 0 Å². The summed E-state index contributed by atoms with van der Waals surface area (Å²) in [5, 5.41) is 0. The van der Waals surface area contributed by atoms with Gasteiger partial charge < -0.3 is 9.72 Å². The van der Waals surface area contributed by atoms with Crippen molar-refractivity contribution in [3.8, 4) is 0 Å². The maximum Gasteiger partial charge on any atom is 0.311 e. The number of aromatic nitrogens is 1. The molecule has 0 radical (unpaired) electrons. The smallest absolute Gasteiger partial charge is 0.311 e. The molecule has 1 heterocycles. The molecule has 0 fully saturated rings. The van der Waals surface area contributed by atoms with Gasteiger partial charge in [0.15, 0.2) is 0 Å². The van der Waals surface area contributed by atoms with Gasteiger partial charge in [-0.3, -0.25) is 4.79 Å². The van der Waals surface area contributed by atoms with E-state index in [-0.39, 0.29) is 5.97 Å². The minimum Gasteiger partial charge on any atom is -0.469 e. The molecule has 2 rings (SSSR count). The third-order valence-corrected chi connectivity index (χ3v) is 2.98. The van der Waals surface area contributed by atoms with Crippen LogP contribution in [0.2, 0.25) is 0 Å². The van der Waals surface area contributed by atoms with Gasteiger partial charge in [-0.25, -0.2) is 0 Å². The number of H-pyrrole nitrogens is 1. The molecule has 1 aliphatic rings. The van der Waals surface area contributed by atoms with Gasteiger partial charge >= 0.3 is 5.97 Å². The molecule has 3 nitrogen and oxygen atoms in total. The third-order valence-electron chi connectivity index (χ3n) is 2.98. The van der Waals surface area contributed by atoms with Crippen molar-refractivity contribution in [3.63, 3.8) is 0 Å². The molecule has 0 atom stereocenters. The normalized spacial score (nSPS) is 15.5. The van der Waals surface area contributed by atoms with Crippen LogP contribution >= 0.6 is 0 Å². The molecule has 0 amide bonds. The highest BCUT2D eigenvalue weighted by atomic mass is 16.5. The van der Waals surface area contributed by atoms with Crippen LogP contribution in [0.15, 0.2) is 6.07 Å². The molecule has 1 aromatic rings. The Bertz CT molecular complexity index is 331. The zero-order valence-electron chi connectivity index (χ0n) is 9.14. The van der Waals surface area contributed by atoms with E-state index in [0.29, 0.717) is 6.42 Å². The van der Waals surface area contributed by atoms with Crippen molar-refractivity contribution in [2.24, 2.45) is 0 Å². The number of ether oxygens (including phenoxy) is 1. The van der Waals surface area contributed by atoms with Crippen molar-refractivity contribution in [1.82, 2.24) is 4.98 Å². The molecule has 1 N–H and O–H groups in total. The molecule has 1 aliphatic carbocycles. The minimum atomic E-state index is -0.175. The van der Waals surface area contributed by atoms with E-state index >= 15 is 0 Å². The second-order valence-corrected chi connectivity index (χ2v) is 4.11. The van der Waals surface area contributed by atoms with Gasteiger partial charge in [0.25, 0.3) is 0 Å². The van der Waals surface area contributed by atoms with Crippen LogP contribution in [0.5, 0.6) is 0 Å². The summed E-state index contributed by atoms with van der Waals surface area (Å²) in [4.78, 5) is 14.5. The summed E-state index contributed by atoms with van der Waals surface area (Å²) in [6, 6.07) is 2.12. The van der Waals surface area contributed by atoms with Crippen molar-refractivity contribution in [2.75, 3.05) is 7.11 Å². The molecule has 0 spiro atoms. The van der Waals surface area contributed by atoms with E-state index in [1.165, 1.54) is 37.6 Å². The van der Waals surface area contributed by atoms with E-state index in [1.54, 1.807) is 0 Å². The fourth-order valence-electron chi connectivity index (χ4n) is 2.17. The highest BCUT2D eigenvalue weighted by Crippen LogP contribution is 2.21. The molecule has 0 aromatic carbocycles. The van der Waals surface area contributed by atoms with Gasteiger partial charge in [-0.1, -0.05) is 6.42 Å². The Morgan fingerprint density at radius 2 is 2.20 bits per heavy atom. The largest absolute Gasteiger partial charge is 0.469 e. The van der Waals surface area contributed by atoms with Crippen molar-refractivity contribution in [2.45, 2.75) is 38.5 Å². The standard InChI is InChI=1S/C12H17NO2/c1-15-12(14)8-10-7-9-5-3-2-4-6-11(9)13-10/h7,13H,2-6,8H2,1H3. The Morgan fingerprint density at radius 3 is 3.00 bits per heavy atom. The fourth-order valence-corrected chi connectivity index (χ4v) is 2.17. The van der Waals surface area contributed by atoms with Crippen LogP contribution in [0.4, 0.5) is 0 Å². The predicted octanol–water partition coefficient (Wildman–Crippen LogP) is 2.00. The first-order chi connectivity index (χ1) is 7.29. The van der Waals surface area contributed by atoms with E-state index in [0.717, 1.165) is 18.5 Å². The van der Waals surface area contributed by atoms with E-state index in [1.807, 2.05) is 0 Å². The predicted molar refractivity (Wildman–Crippen MR) is 57.8 cm³/mol. The Labute approximate surface area is 89.8 Å². The number of methoxy groups -OCH3 is 1. The zero-order chi connectivity index (χ0) is 10.7. The van der Waals surface area contributed by atoms with E-state index in [9.17, 15) is 4.79 Å². The Morgan fingerprint density at radius 1 is 1.40 bits per heavy atom. The molecular formula is C12H17NO2. The first kappa shape index (κ1) is 10.3. The Balaban J connectivity index is 2.11. The van der Waals surface area contributed by atoms with Crippen LogP contribution in [-0.2, 0) is 28.8 Å². The Hall–Kier alpha value is -1.25. The number of esters is 1. The summed E-state index contributed by atoms with van der Waals surface area (Å²) in [5.41, 5.74) is 3.71. The molecule has 0 bridgehead atoms. The van der Waals surface area contributed by atoms with Gasteiger partial charge in [0.1, 0.15) is 0 Å². The van der Waals surface area contributed by atoms with Gasteiger partial charge in [0.2, 0.25) is 0 Å². The van der Waals surface area contributed by atoms with Gasteiger partial charge in [-0.15, -0.1) is 0 Å². The lowest BCUT2D eigenvalue weighted by Crippen LogP contribution is -2.04. The van der Waals surface area contributed by atoms with Crippen molar-refractivity contribution >= 4 is 5.97 Å². The number of fused-ring (bicyclic) bond motifs is 1. The van der Waals surface area contributed by atoms with Crippen LogP contribution in [0.1, 0.15) is 36.2 Å². The van der Waals surface area contributed by atoms with Crippen molar-refractivity contribution in [3.05, 3.63) is 23.0 Å². The van der Waals surface area contributed by atoms with E-state index in [2.05, 4.69) is 15.8 Å². The van der Waals surface area contributed by atoms with Crippen molar-refractivity contribution in [1.29, 1.82) is 0 Å². The molecule has 0 saturated heterocycles. The second-order valence-electron chi connectivity index (χ2n) is 4.11. The van der Waals surface area contributed by atoms with Crippen LogP contribution in [0.25, 0.3) is 0 Å². The summed E-state index contributed by atoms with van der Waals surface area (Å²) in [7, 11) is 1.43. The molecule has 3 heteroatoms. The molecule has 0 unspecified atom stereocenters. The van der Waals surface area contributed by atoms with E-state index < -0.39 is 0 Å². The van der Waals surface area contributed by atoms with E-state index in [4.69, 9.17) is 0 Å². The molecule has 0 aliphatic heterocycles. The lowest BCUT2D eigenvalue weighted by molar-refractivity contribution is -0.139. The number of hydrogen-bond acceptors (Lipinski definition) is 2. The highest BCUT2D eigenvalue weighted by molar-refractivity contribution is 5.72. The Kier molecular flexibility index (Phi) is 3.09. The summed E-state index contributed by atoms with van der Waals surface area (Å²) in [6.45, 7) is 0. The maximum absolute atomic E-state index is 11.1. The molecule has 82 valence electrons. The lowest BCUT2D eigenvalue weighted by atomic mass is 10.1. The van der Waals surface area contributed by atoms with Crippen LogP contribution < -0.4 is 0 Å². The van der Waals surface area contributed by atoms with Crippen molar-refractivity contribution < 1.29 is 9.53 Å². The average Bonchev–Trinajstić information content (AvgIpc) is 2.48. The van der Waals surface area contributed by atoms with Gasteiger partial charge in [0, 0.05) is 11.4 Å². The number of carbonyl (C=O) groups excluding carboxylic acids is 1. The van der Waals surface area contributed by atoms with Crippen LogP contribution in [0.3, 0.4) is 0 Å². The second kappa shape index (κ2) is 4.51. The number of hydrogen-bond donors (Lipinski definition) is 1. The first-order valence-electron chi connectivity index (χ1n) is 5.56. The molecule has 15 heavy (non-hydrogen) atoms. The van der Waals surface area contributed by atoms with Gasteiger partial charge in [0.05, 0.1) is 13.5 Å². The first-order valence-corrected chi connectivity index (χ1v) is 5.56.